The second-order valence-electron chi connectivity index (χ2n) is 7.31. The molecule has 5 heteroatoms. The lowest BCUT2D eigenvalue weighted by Crippen LogP contribution is -2.42. The average molecular weight is 361 g/mol. The molecule has 0 spiro atoms. The largest absolute Gasteiger partial charge is 0.345 e. The number of anilines is 1. The number of nitrogens with zero attached hydrogens (tertiary/aromatic N) is 2. The summed E-state index contributed by atoms with van der Waals surface area (Å²) in [7, 11) is 0. The van der Waals surface area contributed by atoms with Crippen molar-refractivity contribution in [3.05, 3.63) is 65.9 Å². The normalized spacial score (nSPS) is 14.7. The maximum atomic E-state index is 12.9. The van der Waals surface area contributed by atoms with Gasteiger partial charge in [-0.05, 0) is 50.6 Å². The summed E-state index contributed by atoms with van der Waals surface area (Å²) in [5.41, 5.74) is 3.51. The first-order valence-electron chi connectivity index (χ1n) is 9.26. The number of rotatable bonds is 4. The minimum absolute atomic E-state index is 0.0857. The first kappa shape index (κ1) is 17.3. The Hall–Kier alpha value is -3.08. The number of amides is 2. The zero-order valence-electron chi connectivity index (χ0n) is 15.8. The fraction of sp³-hybridized carbons (Fsp3) is 0.273. The van der Waals surface area contributed by atoms with Gasteiger partial charge in [0.1, 0.15) is 6.04 Å². The van der Waals surface area contributed by atoms with Crippen molar-refractivity contribution in [1.29, 1.82) is 0 Å². The Morgan fingerprint density at radius 3 is 2.56 bits per heavy atom. The summed E-state index contributed by atoms with van der Waals surface area (Å²) >= 11 is 0. The van der Waals surface area contributed by atoms with Crippen LogP contribution in [0.15, 0.2) is 54.7 Å². The van der Waals surface area contributed by atoms with Gasteiger partial charge in [-0.25, -0.2) is 0 Å². The van der Waals surface area contributed by atoms with Crippen molar-refractivity contribution >= 4 is 28.4 Å². The van der Waals surface area contributed by atoms with Gasteiger partial charge in [0.25, 0.3) is 5.91 Å². The topological polar surface area (TPSA) is 54.3 Å². The third-order valence-electron chi connectivity index (χ3n) is 5.27. The highest BCUT2D eigenvalue weighted by Crippen LogP contribution is 2.28. The Bertz CT molecular complexity index is 1030. The van der Waals surface area contributed by atoms with Gasteiger partial charge in [-0.2, -0.15) is 0 Å². The van der Waals surface area contributed by atoms with E-state index in [9.17, 15) is 9.59 Å². The molecule has 2 amide bonds. The lowest BCUT2D eigenvalue weighted by Gasteiger charge is -2.23. The van der Waals surface area contributed by atoms with Gasteiger partial charge in [0.15, 0.2) is 0 Å². The van der Waals surface area contributed by atoms with Crippen molar-refractivity contribution in [1.82, 2.24) is 9.47 Å². The van der Waals surface area contributed by atoms with E-state index < -0.39 is 6.04 Å². The summed E-state index contributed by atoms with van der Waals surface area (Å²) in [6, 6.07) is 15.2. The molecule has 3 aromatic rings. The monoisotopic (exact) mass is 361 g/mol. The summed E-state index contributed by atoms with van der Waals surface area (Å²) in [5, 5.41) is 4.02. The molecule has 138 valence electrons. The van der Waals surface area contributed by atoms with E-state index in [0.717, 1.165) is 22.2 Å². The van der Waals surface area contributed by atoms with E-state index in [0.29, 0.717) is 18.2 Å². The molecule has 5 nitrogen and oxygen atoms in total. The van der Waals surface area contributed by atoms with Gasteiger partial charge in [-0.15, -0.1) is 0 Å². The summed E-state index contributed by atoms with van der Waals surface area (Å²) in [4.78, 5) is 27.1. The minimum Gasteiger partial charge on any atom is -0.345 e. The Balaban J connectivity index is 1.57. The van der Waals surface area contributed by atoms with E-state index in [-0.39, 0.29) is 11.8 Å². The van der Waals surface area contributed by atoms with Crippen molar-refractivity contribution in [2.24, 2.45) is 0 Å². The predicted molar refractivity (Wildman–Crippen MR) is 107 cm³/mol. The summed E-state index contributed by atoms with van der Waals surface area (Å²) < 4.78 is 2.18. The van der Waals surface area contributed by atoms with E-state index in [4.69, 9.17) is 0 Å². The second kappa shape index (κ2) is 6.58. The molecular formula is C22H23N3O2. The third kappa shape index (κ3) is 2.89. The molecule has 2 aromatic carbocycles. The molecule has 0 saturated heterocycles. The SMILES string of the molecule is CC(C)n1ccc2c(NC(=O)[C@H](C)N3Cc4ccccc4C3=O)cccc21. The van der Waals surface area contributed by atoms with Crippen LogP contribution in [0.3, 0.4) is 0 Å². The number of hydrogen-bond acceptors (Lipinski definition) is 2. The van der Waals surface area contributed by atoms with Crippen molar-refractivity contribution < 1.29 is 9.59 Å². The zero-order valence-corrected chi connectivity index (χ0v) is 15.8. The van der Waals surface area contributed by atoms with Crippen LogP contribution in [0, 0.1) is 0 Å². The minimum atomic E-state index is -0.549. The van der Waals surface area contributed by atoms with Crippen LogP contribution >= 0.6 is 0 Å². The Morgan fingerprint density at radius 2 is 1.81 bits per heavy atom. The average Bonchev–Trinajstić information content (AvgIpc) is 3.24. The highest BCUT2D eigenvalue weighted by atomic mass is 16.2. The Kier molecular flexibility index (Phi) is 4.22. The second-order valence-corrected chi connectivity index (χ2v) is 7.31. The number of carbonyl (C=O) groups is 2. The summed E-state index contributed by atoms with van der Waals surface area (Å²) in [6.45, 7) is 6.50. The van der Waals surface area contributed by atoms with Crippen LogP contribution in [0.25, 0.3) is 10.9 Å². The lowest BCUT2D eigenvalue weighted by molar-refractivity contribution is -0.120. The molecule has 0 saturated carbocycles. The van der Waals surface area contributed by atoms with E-state index >= 15 is 0 Å². The van der Waals surface area contributed by atoms with E-state index in [1.807, 2.05) is 48.7 Å². The van der Waals surface area contributed by atoms with Crippen molar-refractivity contribution in [2.75, 3.05) is 5.32 Å². The first-order valence-corrected chi connectivity index (χ1v) is 9.26. The lowest BCUT2D eigenvalue weighted by atomic mass is 10.1. The van der Waals surface area contributed by atoms with Gasteiger partial charge in [-0.1, -0.05) is 24.3 Å². The fourth-order valence-electron chi connectivity index (χ4n) is 3.72. The van der Waals surface area contributed by atoms with E-state index in [2.05, 4.69) is 29.8 Å². The molecule has 0 radical (unpaired) electrons. The smallest absolute Gasteiger partial charge is 0.255 e. The van der Waals surface area contributed by atoms with Gasteiger partial charge in [0.05, 0.1) is 11.2 Å². The van der Waals surface area contributed by atoms with Crippen LogP contribution in [0.5, 0.6) is 0 Å². The predicted octanol–water partition coefficient (Wildman–Crippen LogP) is 4.21. The van der Waals surface area contributed by atoms with Crippen molar-refractivity contribution in [3.8, 4) is 0 Å². The fourth-order valence-corrected chi connectivity index (χ4v) is 3.72. The van der Waals surface area contributed by atoms with Crippen LogP contribution in [0.4, 0.5) is 5.69 Å². The van der Waals surface area contributed by atoms with Crippen molar-refractivity contribution in [3.63, 3.8) is 0 Å². The number of benzene rings is 2. The van der Waals surface area contributed by atoms with Gasteiger partial charge in [0, 0.05) is 29.7 Å². The molecule has 1 aliphatic rings. The standard InChI is InChI=1S/C22H23N3O2/c1-14(2)24-12-11-18-19(9-6-10-20(18)24)23-21(26)15(3)25-13-16-7-4-5-8-17(16)22(25)27/h4-12,14-15H,13H2,1-3H3,(H,23,26)/t15-/m0/s1. The van der Waals surface area contributed by atoms with Crippen LogP contribution in [0.1, 0.15) is 42.7 Å². The maximum absolute atomic E-state index is 12.9. The highest BCUT2D eigenvalue weighted by Gasteiger charge is 2.33. The van der Waals surface area contributed by atoms with Crippen molar-refractivity contribution in [2.45, 2.75) is 39.4 Å². The van der Waals surface area contributed by atoms with Gasteiger partial charge in [0.2, 0.25) is 5.91 Å². The summed E-state index contributed by atoms with van der Waals surface area (Å²) in [6.07, 6.45) is 2.04. The van der Waals surface area contributed by atoms with Crippen LogP contribution in [0.2, 0.25) is 0 Å². The van der Waals surface area contributed by atoms with Gasteiger partial charge in [-0.3, -0.25) is 9.59 Å². The van der Waals surface area contributed by atoms with Crippen LogP contribution in [-0.4, -0.2) is 27.3 Å². The maximum Gasteiger partial charge on any atom is 0.255 e. The molecule has 1 aromatic heterocycles. The quantitative estimate of drug-likeness (QED) is 0.757. The molecule has 0 unspecified atom stereocenters. The third-order valence-corrected chi connectivity index (χ3v) is 5.27. The van der Waals surface area contributed by atoms with E-state index in [1.54, 1.807) is 11.8 Å². The first-order chi connectivity index (χ1) is 13.0. The Morgan fingerprint density at radius 1 is 1.04 bits per heavy atom. The number of fused-ring (bicyclic) bond motifs is 2. The molecule has 1 aliphatic heterocycles. The molecule has 4 rings (SSSR count). The molecule has 1 atom stereocenters. The molecule has 27 heavy (non-hydrogen) atoms. The number of carbonyl (C=O) groups excluding carboxylic acids is 2. The molecule has 0 bridgehead atoms. The Labute approximate surface area is 158 Å². The van der Waals surface area contributed by atoms with Gasteiger partial charge < -0.3 is 14.8 Å². The molecule has 1 N–H and O–H groups in total. The molecule has 0 aliphatic carbocycles. The van der Waals surface area contributed by atoms with Crippen LogP contribution in [-0.2, 0) is 11.3 Å². The summed E-state index contributed by atoms with van der Waals surface area (Å²) in [5.74, 6) is -0.265. The molecule has 2 heterocycles. The number of hydrogen-bond donors (Lipinski definition) is 1. The number of aromatic nitrogens is 1. The molecule has 0 fully saturated rings. The molecular weight excluding hydrogens is 338 g/mol. The van der Waals surface area contributed by atoms with Gasteiger partial charge >= 0.3 is 0 Å². The zero-order chi connectivity index (χ0) is 19.1. The highest BCUT2D eigenvalue weighted by molar-refractivity contribution is 6.06. The van der Waals surface area contributed by atoms with Crippen LogP contribution < -0.4 is 5.32 Å². The number of nitrogens with one attached hydrogen (secondary N) is 1. The van der Waals surface area contributed by atoms with E-state index in [1.165, 1.54) is 0 Å².